The molecule has 0 bridgehead atoms. The van der Waals surface area contributed by atoms with Crippen LogP contribution < -0.4 is 21.2 Å². The van der Waals surface area contributed by atoms with Gasteiger partial charge in [0.2, 0.25) is 0 Å². The van der Waals surface area contributed by atoms with Gasteiger partial charge in [-0.3, -0.25) is 0 Å². The van der Waals surface area contributed by atoms with Crippen LogP contribution in [0.4, 0.5) is 18.9 Å². The number of carbonyl (C=O) groups excluding carboxylic acids is 1. The van der Waals surface area contributed by atoms with E-state index in [0.29, 0.717) is 5.56 Å². The van der Waals surface area contributed by atoms with Crippen LogP contribution in [0.2, 0.25) is 0 Å². The number of hydrogen-bond donors (Lipinski definition) is 1. The van der Waals surface area contributed by atoms with Gasteiger partial charge in [-0.2, -0.15) is 0 Å². The zero-order valence-corrected chi connectivity index (χ0v) is 21.4. The van der Waals surface area contributed by atoms with Gasteiger partial charge in [-0.25, -0.2) is 0 Å². The summed E-state index contributed by atoms with van der Waals surface area (Å²) < 4.78 is 39.5. The summed E-state index contributed by atoms with van der Waals surface area (Å²) in [6.07, 6.45) is -4.84. The van der Waals surface area contributed by atoms with E-state index in [0.717, 1.165) is 15.9 Å². The second-order valence-corrected chi connectivity index (χ2v) is 17.2. The minimum absolute atomic E-state index is 0.00701. The molecule has 0 heterocycles. The molecular weight excluding hydrogens is 548 g/mol. The van der Waals surface area contributed by atoms with Crippen molar-refractivity contribution in [1.29, 1.82) is 5.26 Å². The van der Waals surface area contributed by atoms with Crippen molar-refractivity contribution in [3.8, 4) is 6.07 Å². The average molecular weight is 569 g/mol. The normalized spacial score (nSPS) is 12.7. The number of nitriles is 1. The minimum atomic E-state index is -5.05. The maximum absolute atomic E-state index is 13.2. The number of anilines is 1. The van der Waals surface area contributed by atoms with Gasteiger partial charge >= 0.3 is 216 Å². The van der Waals surface area contributed by atoms with Gasteiger partial charge in [-0.15, -0.1) is 0 Å². The number of nitrogens with zero attached hydrogens (tertiary/aromatic N) is 1. The zero-order chi connectivity index (χ0) is 25.8. The van der Waals surface area contributed by atoms with Crippen LogP contribution in [0.1, 0.15) is 11.1 Å². The Balaban J connectivity index is 2.05. The molecule has 36 heavy (non-hydrogen) atoms. The van der Waals surface area contributed by atoms with E-state index in [4.69, 9.17) is 0 Å². The molecule has 4 rings (SSSR count). The molecule has 4 aromatic carbocycles. The first kappa shape index (κ1) is 25.6. The molecule has 8 heteroatoms. The molecule has 0 aromatic heterocycles. The van der Waals surface area contributed by atoms with Crippen LogP contribution in [0, 0.1) is 11.3 Å². The Hall–Kier alpha value is -3.46. The van der Waals surface area contributed by atoms with E-state index < -0.39 is 17.4 Å². The average Bonchev–Trinajstić information content (AvgIpc) is 2.90. The number of benzene rings is 4. The standard InChI is InChI=1S/C28H21BrF3N2OP/c29-36(23-10-4-1-5-11-23,24-12-6-2-7-13-24,25-14-8-3-9-15-25)20-22-18-21(19-33)16-17-26(22)34-27(35)28(30,31)32/h1-18H,20H2,(H,34,35). The van der Waals surface area contributed by atoms with E-state index in [1.807, 2.05) is 96.3 Å². The molecule has 0 unspecified atom stereocenters. The summed E-state index contributed by atoms with van der Waals surface area (Å²) in [5.41, 5.74) is 0.701. The number of hydrogen-bond acceptors (Lipinski definition) is 2. The van der Waals surface area contributed by atoms with Crippen LogP contribution in [0.5, 0.6) is 0 Å². The monoisotopic (exact) mass is 568 g/mol. The second kappa shape index (κ2) is 9.89. The Morgan fingerprint density at radius 1 is 0.806 bits per heavy atom. The van der Waals surface area contributed by atoms with Gasteiger partial charge in [-0.1, -0.05) is 0 Å². The number of alkyl halides is 3. The fourth-order valence-electron chi connectivity index (χ4n) is 4.37. The van der Waals surface area contributed by atoms with Gasteiger partial charge in [0.15, 0.2) is 0 Å². The molecule has 0 fully saturated rings. The van der Waals surface area contributed by atoms with Gasteiger partial charge in [0.1, 0.15) is 0 Å². The summed E-state index contributed by atoms with van der Waals surface area (Å²) >= 11 is 4.25. The second-order valence-electron chi connectivity index (χ2n) is 8.28. The topological polar surface area (TPSA) is 52.9 Å². The number of carbonyl (C=O) groups is 1. The molecule has 0 aliphatic carbocycles. The first-order valence-corrected chi connectivity index (χ1v) is 15.4. The number of rotatable bonds is 6. The number of amides is 1. The Morgan fingerprint density at radius 2 is 1.25 bits per heavy atom. The third kappa shape index (κ3) is 4.67. The molecule has 0 atom stereocenters. The fourth-order valence-corrected chi connectivity index (χ4v) is 12.0. The van der Waals surface area contributed by atoms with Crippen LogP contribution in [0.3, 0.4) is 0 Å². The Bertz CT molecular complexity index is 1320. The van der Waals surface area contributed by atoms with Gasteiger partial charge in [0.25, 0.3) is 0 Å². The first-order chi connectivity index (χ1) is 17.2. The van der Waals surface area contributed by atoms with Crippen LogP contribution in [-0.2, 0) is 11.0 Å². The van der Waals surface area contributed by atoms with Crippen LogP contribution in [-0.4, -0.2) is 12.1 Å². The quantitative estimate of drug-likeness (QED) is 0.274. The molecule has 0 aliphatic rings. The van der Waals surface area contributed by atoms with E-state index in [1.54, 1.807) is 6.07 Å². The number of halogens is 4. The molecular formula is C28H21BrF3N2OP. The molecule has 0 spiro atoms. The van der Waals surface area contributed by atoms with Gasteiger partial charge in [-0.05, 0) is 0 Å². The van der Waals surface area contributed by atoms with Crippen molar-refractivity contribution in [2.24, 2.45) is 0 Å². The molecule has 1 amide bonds. The molecule has 0 saturated heterocycles. The predicted octanol–water partition coefficient (Wildman–Crippen LogP) is 6.40. The van der Waals surface area contributed by atoms with Crippen molar-refractivity contribution >= 4 is 48.3 Å². The van der Waals surface area contributed by atoms with Crippen molar-refractivity contribution < 1.29 is 18.0 Å². The molecule has 1 N–H and O–H groups in total. The van der Waals surface area contributed by atoms with E-state index in [2.05, 4.69) is 21.6 Å². The molecule has 3 nitrogen and oxygen atoms in total. The van der Waals surface area contributed by atoms with E-state index in [1.165, 1.54) is 12.1 Å². The van der Waals surface area contributed by atoms with Crippen LogP contribution >= 0.6 is 20.8 Å². The van der Waals surface area contributed by atoms with Gasteiger partial charge in [0, 0.05) is 0 Å². The Kier molecular flexibility index (Phi) is 7.04. The van der Waals surface area contributed by atoms with E-state index >= 15 is 0 Å². The molecule has 0 saturated carbocycles. The van der Waals surface area contributed by atoms with E-state index in [9.17, 15) is 23.2 Å². The summed E-state index contributed by atoms with van der Waals surface area (Å²) in [6.45, 7) is 0. The summed E-state index contributed by atoms with van der Waals surface area (Å²) in [5, 5.41) is 10.9. The van der Waals surface area contributed by atoms with Crippen molar-refractivity contribution in [1.82, 2.24) is 0 Å². The first-order valence-electron chi connectivity index (χ1n) is 11.0. The fraction of sp³-hybridized carbons (Fsp3) is 0.0714. The Morgan fingerprint density at radius 3 is 1.64 bits per heavy atom. The van der Waals surface area contributed by atoms with Gasteiger partial charge < -0.3 is 0 Å². The van der Waals surface area contributed by atoms with Crippen LogP contribution in [0.15, 0.2) is 109 Å². The molecule has 0 radical (unpaired) electrons. The summed E-state index contributed by atoms with van der Waals surface area (Å²) in [7, 11) is 0. The van der Waals surface area contributed by atoms with Crippen molar-refractivity contribution in [2.75, 3.05) is 5.32 Å². The Labute approximate surface area is 215 Å². The van der Waals surface area contributed by atoms with Crippen molar-refractivity contribution in [3.05, 3.63) is 120 Å². The number of nitrogens with one attached hydrogen (secondary N) is 1. The SMILES string of the molecule is N#Cc1ccc(NC(=O)C(F)(F)F)c(CP(Br)(c2ccccc2)(c2ccccc2)c2ccccc2)c1. The molecule has 0 aliphatic heterocycles. The van der Waals surface area contributed by atoms with Gasteiger partial charge in [0.05, 0.1) is 0 Å². The third-order valence-corrected chi connectivity index (χ3v) is 15.6. The van der Waals surface area contributed by atoms with Crippen molar-refractivity contribution in [2.45, 2.75) is 12.3 Å². The predicted molar refractivity (Wildman–Crippen MR) is 144 cm³/mol. The third-order valence-electron chi connectivity index (χ3n) is 6.09. The molecule has 182 valence electrons. The van der Waals surface area contributed by atoms with E-state index in [-0.39, 0.29) is 17.4 Å². The summed E-state index contributed by atoms with van der Waals surface area (Å²) in [6, 6.07) is 35.5. The van der Waals surface area contributed by atoms with Crippen LogP contribution in [0.25, 0.3) is 0 Å². The molecule has 4 aromatic rings. The summed E-state index contributed by atoms with van der Waals surface area (Å²) in [5.74, 6) is -2.07. The summed E-state index contributed by atoms with van der Waals surface area (Å²) in [4.78, 5) is 11.9. The van der Waals surface area contributed by atoms with Crippen molar-refractivity contribution in [3.63, 3.8) is 0 Å². The zero-order valence-electron chi connectivity index (χ0n) is 18.9. The maximum atomic E-state index is 13.2.